The second-order valence-electron chi connectivity index (χ2n) is 3.76. The minimum Gasteiger partial charge on any atom is -0.399 e. The molecule has 3 rings (SSSR count). The maximum atomic E-state index is 5.58. The molecule has 0 saturated carbocycles. The summed E-state index contributed by atoms with van der Waals surface area (Å²) in [6.07, 6.45) is 0. The largest absolute Gasteiger partial charge is 4.00 e. The van der Waals surface area contributed by atoms with E-state index in [1.165, 1.54) is 11.1 Å². The third-order valence-corrected chi connectivity index (χ3v) is 2.46. The first-order valence-electron chi connectivity index (χ1n) is 5.60. The summed E-state index contributed by atoms with van der Waals surface area (Å²) in [5, 5.41) is 0. The Morgan fingerprint density at radius 2 is 1.44 bits per heavy atom. The van der Waals surface area contributed by atoms with E-state index in [9.17, 15) is 0 Å². The smallest absolute Gasteiger partial charge is 0.399 e. The molecule has 0 radical (unpaired) electrons. The van der Waals surface area contributed by atoms with Crippen LogP contribution in [-0.4, -0.2) is 0 Å². The van der Waals surface area contributed by atoms with Crippen molar-refractivity contribution < 1.29 is 17.1 Å². The van der Waals surface area contributed by atoms with Crippen LogP contribution in [0.3, 0.4) is 0 Å². The summed E-state index contributed by atoms with van der Waals surface area (Å²) in [7, 11) is 0. The summed E-state index contributed by atoms with van der Waals surface area (Å²) in [4.78, 5) is 0. The molecular formula is C16H15FeN+2. The summed E-state index contributed by atoms with van der Waals surface area (Å²) < 4.78 is 0. The van der Waals surface area contributed by atoms with Gasteiger partial charge in [-0.05, 0) is 12.1 Å². The van der Waals surface area contributed by atoms with Crippen LogP contribution in [0.5, 0.6) is 0 Å². The van der Waals surface area contributed by atoms with Gasteiger partial charge in [-0.2, -0.15) is 42.0 Å². The van der Waals surface area contributed by atoms with Gasteiger partial charge in [-0.15, -0.1) is 6.07 Å². The molecule has 0 amide bonds. The van der Waals surface area contributed by atoms with Crippen LogP contribution in [-0.2, 0) is 17.1 Å². The Balaban J connectivity index is 0.000000230. The van der Waals surface area contributed by atoms with E-state index < -0.39 is 0 Å². The van der Waals surface area contributed by atoms with Crippen molar-refractivity contribution in [3.63, 3.8) is 0 Å². The number of nitrogen functional groups attached to an aromatic ring is 1. The molecular weight excluding hydrogens is 262 g/mol. The summed E-state index contributed by atoms with van der Waals surface area (Å²) in [6.45, 7) is 0. The van der Waals surface area contributed by atoms with Gasteiger partial charge in [0.1, 0.15) is 0 Å². The number of hydrogen-bond acceptors (Lipinski definition) is 1. The molecule has 0 aromatic heterocycles. The third-order valence-electron chi connectivity index (χ3n) is 2.46. The van der Waals surface area contributed by atoms with Gasteiger partial charge in [-0.3, -0.25) is 0 Å². The standard InChI is InChI=1S/C11H10N.C5H5.Fe/c12-11-7-5-10(6-8-11)9-3-1-2-4-9;1-2-4-5-3-1;/h1-8H,12H2;1-5H;/q2*-1;+4. The maximum Gasteiger partial charge on any atom is 4.00 e. The molecule has 0 unspecified atom stereocenters. The van der Waals surface area contributed by atoms with Gasteiger partial charge in [0.05, 0.1) is 0 Å². The second-order valence-corrected chi connectivity index (χ2v) is 3.76. The predicted molar refractivity (Wildman–Crippen MR) is 73.9 cm³/mol. The van der Waals surface area contributed by atoms with Crippen LogP contribution in [0.4, 0.5) is 5.69 Å². The molecule has 0 heterocycles. The SMILES string of the molecule is Nc1ccc(-c2ccc[cH-]2)cc1.[Fe+4].c1cc[cH-]c1. The van der Waals surface area contributed by atoms with Crippen LogP contribution >= 0.6 is 0 Å². The van der Waals surface area contributed by atoms with Gasteiger partial charge in [0, 0.05) is 5.69 Å². The number of benzene rings is 1. The van der Waals surface area contributed by atoms with E-state index in [-0.39, 0.29) is 17.1 Å². The predicted octanol–water partition coefficient (Wildman–Crippen LogP) is 4.06. The van der Waals surface area contributed by atoms with Crippen molar-refractivity contribution in [3.05, 3.63) is 78.9 Å². The fourth-order valence-corrected chi connectivity index (χ4v) is 1.56. The molecule has 0 fully saturated rings. The van der Waals surface area contributed by atoms with E-state index in [4.69, 9.17) is 5.73 Å². The third kappa shape index (κ3) is 4.25. The molecule has 18 heavy (non-hydrogen) atoms. The average Bonchev–Trinajstić information content (AvgIpc) is 3.06. The van der Waals surface area contributed by atoms with E-state index in [2.05, 4.69) is 12.1 Å². The quantitative estimate of drug-likeness (QED) is 0.405. The van der Waals surface area contributed by atoms with Crippen LogP contribution in [0.2, 0.25) is 0 Å². The molecule has 1 nitrogen and oxygen atoms in total. The van der Waals surface area contributed by atoms with Crippen LogP contribution in [0.25, 0.3) is 11.1 Å². The van der Waals surface area contributed by atoms with Crippen LogP contribution in [0, 0.1) is 0 Å². The first-order valence-corrected chi connectivity index (χ1v) is 5.60. The van der Waals surface area contributed by atoms with E-state index in [0.717, 1.165) is 5.69 Å². The topological polar surface area (TPSA) is 26.0 Å². The fraction of sp³-hybridized carbons (Fsp3) is 0. The van der Waals surface area contributed by atoms with Crippen LogP contribution < -0.4 is 5.73 Å². The Kier molecular flexibility index (Phi) is 5.99. The second kappa shape index (κ2) is 7.54. The van der Waals surface area contributed by atoms with Crippen molar-refractivity contribution in [2.24, 2.45) is 0 Å². The van der Waals surface area contributed by atoms with E-state index >= 15 is 0 Å². The zero-order valence-electron chi connectivity index (χ0n) is 9.94. The summed E-state index contributed by atoms with van der Waals surface area (Å²) in [5.41, 5.74) is 8.85. The van der Waals surface area contributed by atoms with Gasteiger partial charge < -0.3 is 5.73 Å². The number of hydrogen-bond donors (Lipinski definition) is 1. The van der Waals surface area contributed by atoms with E-state index in [1.54, 1.807) is 0 Å². The molecule has 0 aliphatic carbocycles. The molecule has 3 aromatic rings. The first-order chi connectivity index (χ1) is 8.36. The average molecular weight is 277 g/mol. The van der Waals surface area contributed by atoms with Gasteiger partial charge in [0.25, 0.3) is 0 Å². The van der Waals surface area contributed by atoms with Gasteiger partial charge in [0.2, 0.25) is 0 Å². The van der Waals surface area contributed by atoms with Gasteiger partial charge >= 0.3 is 17.1 Å². The molecule has 90 valence electrons. The fourth-order valence-electron chi connectivity index (χ4n) is 1.56. The molecule has 0 bridgehead atoms. The van der Waals surface area contributed by atoms with E-state index in [0.29, 0.717) is 0 Å². The van der Waals surface area contributed by atoms with Crippen LogP contribution in [0.1, 0.15) is 0 Å². The number of anilines is 1. The Morgan fingerprint density at radius 1 is 0.778 bits per heavy atom. The van der Waals surface area contributed by atoms with Crippen molar-refractivity contribution in [1.82, 2.24) is 0 Å². The first kappa shape index (κ1) is 14.3. The van der Waals surface area contributed by atoms with Gasteiger partial charge in [0.15, 0.2) is 0 Å². The molecule has 0 saturated heterocycles. The van der Waals surface area contributed by atoms with Crippen molar-refractivity contribution >= 4 is 5.69 Å². The van der Waals surface area contributed by atoms with Crippen molar-refractivity contribution in [2.45, 2.75) is 0 Å². The maximum absolute atomic E-state index is 5.58. The number of nitrogens with two attached hydrogens (primary N) is 1. The van der Waals surface area contributed by atoms with Crippen LogP contribution in [0.15, 0.2) is 78.9 Å². The Labute approximate surface area is 118 Å². The number of rotatable bonds is 1. The molecule has 0 aliphatic rings. The van der Waals surface area contributed by atoms with Crippen molar-refractivity contribution in [3.8, 4) is 11.1 Å². The van der Waals surface area contributed by atoms with Crippen molar-refractivity contribution in [2.75, 3.05) is 5.73 Å². The molecule has 2 heteroatoms. The molecule has 0 spiro atoms. The minimum atomic E-state index is 0. The van der Waals surface area contributed by atoms with Crippen molar-refractivity contribution in [1.29, 1.82) is 0 Å². The summed E-state index contributed by atoms with van der Waals surface area (Å²) >= 11 is 0. The normalized spacial score (nSPS) is 8.89. The summed E-state index contributed by atoms with van der Waals surface area (Å²) in [5.74, 6) is 0. The monoisotopic (exact) mass is 277 g/mol. The van der Waals surface area contributed by atoms with E-state index in [1.807, 2.05) is 66.7 Å². The zero-order valence-corrected chi connectivity index (χ0v) is 11.0. The molecule has 0 aliphatic heterocycles. The van der Waals surface area contributed by atoms with Gasteiger partial charge in [-0.1, -0.05) is 17.7 Å². The molecule has 3 aromatic carbocycles. The molecule has 2 N–H and O–H groups in total. The minimum absolute atomic E-state index is 0. The zero-order chi connectivity index (χ0) is 11.9. The summed E-state index contributed by atoms with van der Waals surface area (Å²) in [6, 6.07) is 26.1. The van der Waals surface area contributed by atoms with Gasteiger partial charge in [-0.25, -0.2) is 12.1 Å². The Morgan fingerprint density at radius 3 is 1.89 bits per heavy atom. The Hall–Kier alpha value is -1.76. The Bertz CT molecular complexity index is 490. The molecule has 0 atom stereocenters.